The van der Waals surface area contributed by atoms with Gasteiger partial charge in [-0.1, -0.05) is 5.11 Å². The molecule has 1 fully saturated rings. The van der Waals surface area contributed by atoms with Crippen LogP contribution in [0.15, 0.2) is 17.8 Å². The van der Waals surface area contributed by atoms with Crippen LogP contribution in [0.5, 0.6) is 0 Å². The second-order valence-electron chi connectivity index (χ2n) is 6.52. The number of nitrogen functional groups attached to an aromatic ring is 1. The Hall–Kier alpha value is -2.05. The highest BCUT2D eigenvalue weighted by atomic mass is 31.3. The van der Waals surface area contributed by atoms with Crippen molar-refractivity contribution in [1.29, 1.82) is 0 Å². The van der Waals surface area contributed by atoms with Crippen molar-refractivity contribution in [2.75, 3.05) is 19.1 Å². The molecule has 3 heterocycles. The predicted octanol–water partition coefficient (Wildman–Crippen LogP) is -0.337. The van der Waals surface area contributed by atoms with Crippen molar-refractivity contribution in [3.05, 3.63) is 23.1 Å². The average Bonchev–Trinajstić information content (AvgIpc) is 3.26. The van der Waals surface area contributed by atoms with Crippen molar-refractivity contribution in [3.63, 3.8) is 0 Å². The van der Waals surface area contributed by atoms with Gasteiger partial charge >= 0.3 is 23.5 Å². The molecule has 0 amide bonds. The van der Waals surface area contributed by atoms with Crippen molar-refractivity contribution in [3.8, 4) is 0 Å². The number of hydrogen-bond donors (Lipinski definition) is 6. The Morgan fingerprint density at radius 1 is 1.17 bits per heavy atom. The maximum atomic E-state index is 12.0. The minimum atomic E-state index is -5.75. The number of azide groups is 1. The van der Waals surface area contributed by atoms with E-state index >= 15 is 0 Å². The zero-order valence-electron chi connectivity index (χ0n) is 16.9. The summed E-state index contributed by atoms with van der Waals surface area (Å²) in [5, 5.41) is 13.9. The maximum Gasteiger partial charge on any atom is 0.490 e. The highest BCUT2D eigenvalue weighted by Crippen LogP contribution is 2.66. The SMILES string of the molecule is [N-]=[N+]=NCO[C@H]1[C@@H](O)[C@H](n2cnc3c(N)ncnc32)O[C@@H]1COP(=O)(O)OP(=O)(O)OP(=O)(O)O. The molecule has 2 unspecified atom stereocenters. The number of aromatic nitrogens is 4. The highest BCUT2D eigenvalue weighted by Gasteiger charge is 2.48. The van der Waals surface area contributed by atoms with Gasteiger partial charge in [-0.2, -0.15) is 8.62 Å². The van der Waals surface area contributed by atoms with Gasteiger partial charge in [0, 0.05) is 4.91 Å². The molecule has 0 spiro atoms. The van der Waals surface area contributed by atoms with Crippen LogP contribution < -0.4 is 5.73 Å². The quantitative estimate of drug-likeness (QED) is 0.0882. The molecule has 21 nitrogen and oxygen atoms in total. The number of aliphatic hydroxyl groups excluding tert-OH is 1. The second-order valence-corrected chi connectivity index (χ2v) is 10.9. The molecule has 3 rings (SSSR count). The minimum Gasteiger partial charge on any atom is -0.386 e. The van der Waals surface area contributed by atoms with Gasteiger partial charge in [0.05, 0.1) is 12.9 Å². The van der Waals surface area contributed by atoms with Crippen molar-refractivity contribution >= 4 is 40.4 Å². The number of imidazole rings is 1. The number of phosphoric ester groups is 1. The molecule has 7 N–H and O–H groups in total. The average molecular weight is 562 g/mol. The molecular formula is C11H17N8O13P3. The summed E-state index contributed by atoms with van der Waals surface area (Å²) in [6.07, 6.45) is -3.26. The van der Waals surface area contributed by atoms with Gasteiger partial charge in [-0.05, 0) is 5.53 Å². The summed E-state index contributed by atoms with van der Waals surface area (Å²) in [5.41, 5.74) is 14.5. The summed E-state index contributed by atoms with van der Waals surface area (Å²) >= 11 is 0. The lowest BCUT2D eigenvalue weighted by Gasteiger charge is -2.21. The van der Waals surface area contributed by atoms with Gasteiger partial charge < -0.3 is 39.9 Å². The standard InChI is InChI=1S/C11H17N8O13P3/c12-9-6-10(15-2-14-9)19(3-16-6)11-7(20)8(28-4-17-18-13)5(30-11)1-29-34(24,25)32-35(26,27)31-33(21,22)23/h2-3,5,7-8,11,20H,1,4H2,(H,24,25)(H,26,27)(H2,12,14,15)(H2,21,22,23)/t5-,7-,8-,11-/m1/s1. The van der Waals surface area contributed by atoms with Crippen LogP contribution >= 0.6 is 23.5 Å². The first-order chi connectivity index (χ1) is 16.2. The minimum absolute atomic E-state index is 0.0293. The predicted molar refractivity (Wildman–Crippen MR) is 108 cm³/mol. The van der Waals surface area contributed by atoms with E-state index in [9.17, 15) is 28.6 Å². The van der Waals surface area contributed by atoms with Gasteiger partial charge in [0.1, 0.15) is 36.9 Å². The van der Waals surface area contributed by atoms with Crippen LogP contribution in [-0.2, 0) is 36.3 Å². The van der Waals surface area contributed by atoms with Gasteiger partial charge in [-0.3, -0.25) is 9.09 Å². The number of fused-ring (bicyclic) bond motifs is 1. The van der Waals surface area contributed by atoms with E-state index in [1.165, 1.54) is 10.9 Å². The van der Waals surface area contributed by atoms with Gasteiger partial charge in [0.2, 0.25) is 0 Å². The third-order valence-corrected chi connectivity index (χ3v) is 7.98. The van der Waals surface area contributed by atoms with Crippen LogP contribution in [0.4, 0.5) is 5.82 Å². The summed E-state index contributed by atoms with van der Waals surface area (Å²) in [4.78, 5) is 50.3. The first-order valence-electron chi connectivity index (χ1n) is 8.90. The van der Waals surface area contributed by atoms with Gasteiger partial charge in [-0.15, -0.1) is 0 Å². The van der Waals surface area contributed by atoms with Crippen molar-refractivity contribution < 1.29 is 61.0 Å². The Balaban J connectivity index is 1.79. The fourth-order valence-electron chi connectivity index (χ4n) is 2.96. The molecule has 0 aliphatic carbocycles. The fraction of sp³-hybridized carbons (Fsp3) is 0.545. The van der Waals surface area contributed by atoms with E-state index in [-0.39, 0.29) is 17.0 Å². The zero-order chi connectivity index (χ0) is 26.0. The summed E-state index contributed by atoms with van der Waals surface area (Å²) in [6.45, 7) is -1.54. The fourth-order valence-corrected chi connectivity index (χ4v) is 5.99. The molecule has 1 aliphatic heterocycles. The lowest BCUT2D eigenvalue weighted by Crippen LogP contribution is -2.36. The molecule has 2 aromatic rings. The molecule has 35 heavy (non-hydrogen) atoms. The molecule has 0 aromatic carbocycles. The van der Waals surface area contributed by atoms with E-state index in [0.29, 0.717) is 0 Å². The number of nitrogens with zero attached hydrogens (tertiary/aromatic N) is 7. The number of anilines is 1. The van der Waals surface area contributed by atoms with E-state index in [1.807, 2.05) is 0 Å². The Morgan fingerprint density at radius 3 is 2.54 bits per heavy atom. The van der Waals surface area contributed by atoms with Crippen LogP contribution in [0.1, 0.15) is 6.23 Å². The number of rotatable bonds is 11. The monoisotopic (exact) mass is 562 g/mol. The van der Waals surface area contributed by atoms with Crippen molar-refractivity contribution in [2.45, 2.75) is 24.5 Å². The summed E-state index contributed by atoms with van der Waals surface area (Å²) in [7, 11) is -16.8. The first-order valence-corrected chi connectivity index (χ1v) is 13.4. The lowest BCUT2D eigenvalue weighted by atomic mass is 10.1. The highest BCUT2D eigenvalue weighted by molar-refractivity contribution is 7.66. The molecule has 1 saturated heterocycles. The van der Waals surface area contributed by atoms with E-state index in [4.69, 9.17) is 30.5 Å². The number of hydrogen-bond acceptors (Lipinski definition) is 14. The van der Waals surface area contributed by atoms with Crippen LogP contribution in [0.3, 0.4) is 0 Å². The number of nitrogens with two attached hydrogens (primary N) is 1. The van der Waals surface area contributed by atoms with E-state index in [1.54, 1.807) is 0 Å². The topological polar surface area (TPSA) is 317 Å². The number of aliphatic hydroxyl groups is 1. The Morgan fingerprint density at radius 2 is 1.89 bits per heavy atom. The molecule has 1 aliphatic rings. The maximum absolute atomic E-state index is 12.0. The van der Waals surface area contributed by atoms with Crippen molar-refractivity contribution in [2.24, 2.45) is 5.11 Å². The molecule has 6 atom stereocenters. The Bertz CT molecular complexity index is 1260. The second kappa shape index (κ2) is 10.5. The smallest absolute Gasteiger partial charge is 0.386 e. The van der Waals surface area contributed by atoms with E-state index in [2.05, 4.69) is 38.1 Å². The lowest BCUT2D eigenvalue weighted by molar-refractivity contribution is -0.0583. The molecule has 24 heteroatoms. The molecule has 0 bridgehead atoms. The van der Waals surface area contributed by atoms with Crippen LogP contribution in [0.2, 0.25) is 0 Å². The van der Waals surface area contributed by atoms with Crippen LogP contribution in [-0.4, -0.2) is 75.8 Å². The zero-order valence-corrected chi connectivity index (χ0v) is 19.6. The molecule has 0 radical (unpaired) electrons. The van der Waals surface area contributed by atoms with Crippen molar-refractivity contribution in [1.82, 2.24) is 19.5 Å². The number of ether oxygens (including phenoxy) is 2. The molecule has 194 valence electrons. The molecule has 0 saturated carbocycles. The van der Waals surface area contributed by atoms with Crippen LogP contribution in [0.25, 0.3) is 21.6 Å². The van der Waals surface area contributed by atoms with Crippen LogP contribution in [0, 0.1) is 0 Å². The van der Waals surface area contributed by atoms with Gasteiger partial charge in [0.15, 0.2) is 17.7 Å². The van der Waals surface area contributed by atoms with Gasteiger partial charge in [-0.25, -0.2) is 28.6 Å². The van der Waals surface area contributed by atoms with E-state index < -0.39 is 61.3 Å². The molecule has 2 aromatic heterocycles. The summed E-state index contributed by atoms with van der Waals surface area (Å²) in [6, 6.07) is 0. The third-order valence-electron chi connectivity index (χ3n) is 4.18. The third kappa shape index (κ3) is 7.01. The summed E-state index contributed by atoms with van der Waals surface area (Å²) < 4.78 is 58.1. The Kier molecular flexibility index (Phi) is 8.27. The number of phosphoric acid groups is 3. The van der Waals surface area contributed by atoms with E-state index in [0.717, 1.165) is 6.33 Å². The summed E-state index contributed by atoms with van der Waals surface area (Å²) in [5.74, 6) is 0.0293. The molecular weight excluding hydrogens is 545 g/mol. The normalized spacial score (nSPS) is 26.2. The Labute approximate surface area is 193 Å². The largest absolute Gasteiger partial charge is 0.490 e. The van der Waals surface area contributed by atoms with Gasteiger partial charge in [0.25, 0.3) is 0 Å². The first kappa shape index (κ1) is 27.5.